The molecule has 1 nitrogen and oxygen atoms in total. The molecule has 0 aliphatic heterocycles. The average molecular weight is 397 g/mol. The highest BCUT2D eigenvalue weighted by Crippen LogP contribution is 2.28. The Hall–Kier alpha value is -0.460. The maximum atomic E-state index is 13.6. The number of nitrogens with one attached hydrogen (secondary N) is 1. The molecule has 0 atom stereocenters. The molecule has 1 aromatic heterocycles. The summed E-state index contributed by atoms with van der Waals surface area (Å²) >= 11 is 7.97. The molecule has 0 radical (unpaired) electrons. The molecule has 0 fully saturated rings. The van der Waals surface area contributed by atoms with Crippen LogP contribution in [0.1, 0.15) is 9.75 Å². The van der Waals surface area contributed by atoms with E-state index in [9.17, 15) is 8.78 Å². The van der Waals surface area contributed by atoms with Gasteiger partial charge in [-0.15, -0.1) is 11.3 Å². The molecule has 1 aromatic carbocycles. The maximum absolute atomic E-state index is 13.6. The van der Waals surface area contributed by atoms with Gasteiger partial charge in [0.2, 0.25) is 0 Å². The standard InChI is InChI=1S/C12H9Br2F2NS/c1-6-8(13)2-7(18-6)5-17-12-4-10(15)9(14)3-11(12)16/h2-4,17H,5H2,1H3. The lowest BCUT2D eigenvalue weighted by Crippen LogP contribution is -2.00. The van der Waals surface area contributed by atoms with Crippen LogP contribution >= 0.6 is 43.2 Å². The normalized spacial score (nSPS) is 10.7. The SMILES string of the molecule is Cc1sc(CNc2cc(F)c(Br)cc2F)cc1Br. The van der Waals surface area contributed by atoms with Gasteiger partial charge < -0.3 is 5.32 Å². The van der Waals surface area contributed by atoms with Crippen molar-refractivity contribution in [3.63, 3.8) is 0 Å². The topological polar surface area (TPSA) is 12.0 Å². The van der Waals surface area contributed by atoms with Gasteiger partial charge >= 0.3 is 0 Å². The van der Waals surface area contributed by atoms with Crippen molar-refractivity contribution in [3.8, 4) is 0 Å². The maximum Gasteiger partial charge on any atom is 0.147 e. The first-order valence-electron chi connectivity index (χ1n) is 5.10. The first-order valence-corrected chi connectivity index (χ1v) is 7.51. The molecule has 0 aliphatic rings. The second-order valence-electron chi connectivity index (χ2n) is 3.72. The zero-order chi connectivity index (χ0) is 13.3. The van der Waals surface area contributed by atoms with E-state index in [0.717, 1.165) is 26.4 Å². The second-order valence-corrected chi connectivity index (χ2v) is 6.77. The lowest BCUT2D eigenvalue weighted by atomic mass is 10.3. The van der Waals surface area contributed by atoms with E-state index < -0.39 is 11.6 Å². The van der Waals surface area contributed by atoms with Gasteiger partial charge in [-0.2, -0.15) is 0 Å². The van der Waals surface area contributed by atoms with Crippen LogP contribution in [0.15, 0.2) is 27.1 Å². The highest BCUT2D eigenvalue weighted by Gasteiger charge is 2.09. The summed E-state index contributed by atoms with van der Waals surface area (Å²) in [5.41, 5.74) is 0.165. The molecule has 0 saturated heterocycles. The first kappa shape index (κ1) is 14.0. The molecule has 0 spiro atoms. The van der Waals surface area contributed by atoms with Gasteiger partial charge in [-0.3, -0.25) is 0 Å². The number of hydrogen-bond donors (Lipinski definition) is 1. The van der Waals surface area contributed by atoms with E-state index in [1.165, 1.54) is 0 Å². The van der Waals surface area contributed by atoms with Crippen molar-refractivity contribution in [1.82, 2.24) is 0 Å². The smallest absolute Gasteiger partial charge is 0.147 e. The Morgan fingerprint density at radius 3 is 2.44 bits per heavy atom. The minimum absolute atomic E-state index is 0.125. The fourth-order valence-corrected chi connectivity index (χ4v) is 3.30. The summed E-state index contributed by atoms with van der Waals surface area (Å²) in [5, 5.41) is 2.89. The van der Waals surface area contributed by atoms with E-state index in [1.54, 1.807) is 11.3 Å². The van der Waals surface area contributed by atoms with Crippen molar-refractivity contribution >= 4 is 48.9 Å². The summed E-state index contributed by atoms with van der Waals surface area (Å²) < 4.78 is 28.0. The van der Waals surface area contributed by atoms with Crippen LogP contribution in [0.4, 0.5) is 14.5 Å². The molecule has 6 heteroatoms. The fourth-order valence-electron chi connectivity index (χ4n) is 1.45. The Morgan fingerprint density at radius 1 is 1.11 bits per heavy atom. The number of halogens is 4. The molecule has 18 heavy (non-hydrogen) atoms. The van der Waals surface area contributed by atoms with Crippen molar-refractivity contribution in [3.05, 3.63) is 48.5 Å². The highest BCUT2D eigenvalue weighted by molar-refractivity contribution is 9.10. The second kappa shape index (κ2) is 5.67. The van der Waals surface area contributed by atoms with Gasteiger partial charge in [-0.1, -0.05) is 0 Å². The predicted molar refractivity (Wildman–Crippen MR) is 78.1 cm³/mol. The number of hydrogen-bond acceptors (Lipinski definition) is 2. The van der Waals surface area contributed by atoms with Crippen molar-refractivity contribution < 1.29 is 8.78 Å². The molecule has 0 aliphatic carbocycles. The number of benzene rings is 1. The first-order chi connectivity index (χ1) is 8.47. The summed E-state index contributed by atoms with van der Waals surface area (Å²) in [7, 11) is 0. The third kappa shape index (κ3) is 3.10. The zero-order valence-corrected chi connectivity index (χ0v) is 13.3. The van der Waals surface area contributed by atoms with Crippen LogP contribution in [0.2, 0.25) is 0 Å². The molecular formula is C12H9Br2F2NS. The number of anilines is 1. The van der Waals surface area contributed by atoms with Crippen LogP contribution in [-0.2, 0) is 6.54 Å². The van der Waals surface area contributed by atoms with E-state index in [0.29, 0.717) is 6.54 Å². The van der Waals surface area contributed by atoms with Crippen LogP contribution in [0.25, 0.3) is 0 Å². The average Bonchev–Trinajstić information content (AvgIpc) is 2.62. The van der Waals surface area contributed by atoms with Crippen LogP contribution in [0.5, 0.6) is 0 Å². The third-order valence-electron chi connectivity index (χ3n) is 2.37. The van der Waals surface area contributed by atoms with Gasteiger partial charge in [0.05, 0.1) is 10.2 Å². The largest absolute Gasteiger partial charge is 0.378 e. The van der Waals surface area contributed by atoms with Gasteiger partial charge in [-0.25, -0.2) is 8.78 Å². The number of rotatable bonds is 3. The van der Waals surface area contributed by atoms with E-state index in [1.807, 2.05) is 13.0 Å². The van der Waals surface area contributed by atoms with Crippen LogP contribution in [0, 0.1) is 18.6 Å². The summed E-state index contributed by atoms with van der Waals surface area (Å²) in [6, 6.07) is 4.24. The van der Waals surface area contributed by atoms with Crippen molar-refractivity contribution in [2.24, 2.45) is 0 Å². The minimum Gasteiger partial charge on any atom is -0.378 e. The molecule has 0 amide bonds. The molecule has 0 saturated carbocycles. The summed E-state index contributed by atoms with van der Waals surface area (Å²) in [6.45, 7) is 2.47. The van der Waals surface area contributed by atoms with Crippen molar-refractivity contribution in [1.29, 1.82) is 0 Å². The monoisotopic (exact) mass is 395 g/mol. The van der Waals surface area contributed by atoms with Crippen LogP contribution < -0.4 is 5.32 Å². The molecule has 96 valence electrons. The van der Waals surface area contributed by atoms with E-state index in [-0.39, 0.29) is 10.2 Å². The van der Waals surface area contributed by atoms with Crippen molar-refractivity contribution in [2.75, 3.05) is 5.32 Å². The molecule has 2 rings (SSSR count). The minimum atomic E-state index is -0.484. The Balaban J connectivity index is 2.13. The van der Waals surface area contributed by atoms with Crippen molar-refractivity contribution in [2.45, 2.75) is 13.5 Å². The molecule has 1 heterocycles. The van der Waals surface area contributed by atoms with E-state index in [4.69, 9.17) is 0 Å². The lowest BCUT2D eigenvalue weighted by Gasteiger charge is -2.07. The Labute approximate surface area is 124 Å². The fraction of sp³-hybridized carbons (Fsp3) is 0.167. The van der Waals surface area contributed by atoms with Gasteiger partial charge in [0.15, 0.2) is 0 Å². The highest BCUT2D eigenvalue weighted by atomic mass is 79.9. The Morgan fingerprint density at radius 2 is 1.83 bits per heavy atom. The summed E-state index contributed by atoms with van der Waals surface area (Å²) in [6.07, 6.45) is 0. The molecule has 0 bridgehead atoms. The zero-order valence-electron chi connectivity index (χ0n) is 9.36. The molecular weight excluding hydrogens is 388 g/mol. The van der Waals surface area contributed by atoms with Gasteiger partial charge in [0.25, 0.3) is 0 Å². The van der Waals surface area contributed by atoms with Gasteiger partial charge in [-0.05, 0) is 50.9 Å². The van der Waals surface area contributed by atoms with Gasteiger partial charge in [0, 0.05) is 26.8 Å². The number of aryl methyl sites for hydroxylation is 1. The Kier molecular flexibility index (Phi) is 4.40. The lowest BCUT2D eigenvalue weighted by molar-refractivity contribution is 0.596. The van der Waals surface area contributed by atoms with Gasteiger partial charge in [0.1, 0.15) is 11.6 Å². The quantitative estimate of drug-likeness (QED) is 0.678. The molecule has 1 N–H and O–H groups in total. The predicted octanol–water partition coefficient (Wildman–Crippen LogP) is 5.47. The van der Waals surface area contributed by atoms with E-state index in [2.05, 4.69) is 37.2 Å². The Bertz CT molecular complexity index is 564. The van der Waals surface area contributed by atoms with E-state index >= 15 is 0 Å². The van der Waals surface area contributed by atoms with Crippen LogP contribution in [0.3, 0.4) is 0 Å². The molecule has 2 aromatic rings. The summed E-state index contributed by atoms with van der Waals surface area (Å²) in [4.78, 5) is 2.22. The third-order valence-corrected chi connectivity index (χ3v) is 5.12. The number of thiophene rings is 1. The molecule has 0 unspecified atom stereocenters. The summed E-state index contributed by atoms with van der Waals surface area (Å²) in [5.74, 6) is -0.960. The van der Waals surface area contributed by atoms with Crippen LogP contribution in [-0.4, -0.2) is 0 Å².